The van der Waals surface area contributed by atoms with Crippen LogP contribution in [0.4, 0.5) is 0 Å². The first kappa shape index (κ1) is 15.7. The van der Waals surface area contributed by atoms with E-state index in [9.17, 15) is 4.79 Å². The monoisotopic (exact) mass is 323 g/mol. The highest BCUT2D eigenvalue weighted by Gasteiger charge is 2.34. The molecule has 3 nitrogen and oxygen atoms in total. The summed E-state index contributed by atoms with van der Waals surface area (Å²) in [5, 5.41) is 3.07. The zero-order chi connectivity index (χ0) is 14.3. The Morgan fingerprint density at radius 3 is 2.63 bits per heavy atom. The predicted molar refractivity (Wildman–Crippen MR) is 79.7 cm³/mol. The molecule has 0 radical (unpaired) electrons. The van der Waals surface area contributed by atoms with Crippen molar-refractivity contribution in [1.29, 1.82) is 0 Å². The molecule has 1 atom stereocenters. The second-order valence-electron chi connectivity index (χ2n) is 4.41. The van der Waals surface area contributed by atoms with E-state index < -0.39 is 5.54 Å². The molecule has 1 unspecified atom stereocenters. The summed E-state index contributed by atoms with van der Waals surface area (Å²) in [6, 6.07) is 7.84. The average Bonchev–Trinajstić information content (AvgIpc) is 2.39. The third-order valence-electron chi connectivity index (χ3n) is 2.78. The Labute approximate surface area is 122 Å². The van der Waals surface area contributed by atoms with Gasteiger partial charge in [0.25, 0.3) is 0 Å². The molecule has 0 saturated heterocycles. The second-order valence-corrected chi connectivity index (χ2v) is 5.33. The molecule has 0 fully saturated rings. The van der Waals surface area contributed by atoms with Crippen LogP contribution in [-0.4, -0.2) is 24.7 Å². The van der Waals surface area contributed by atoms with Crippen molar-refractivity contribution in [3.8, 4) is 12.3 Å². The van der Waals surface area contributed by atoms with E-state index in [-0.39, 0.29) is 5.97 Å². The average molecular weight is 324 g/mol. The summed E-state index contributed by atoms with van der Waals surface area (Å²) in [6.07, 6.45) is 5.78. The Kier molecular flexibility index (Phi) is 6.07. The molecule has 1 aromatic carbocycles. The zero-order valence-electron chi connectivity index (χ0n) is 11.2. The van der Waals surface area contributed by atoms with E-state index >= 15 is 0 Å². The molecule has 102 valence electrons. The number of rotatable bonds is 6. The Morgan fingerprint density at radius 2 is 2.11 bits per heavy atom. The molecule has 0 aliphatic carbocycles. The van der Waals surface area contributed by atoms with Gasteiger partial charge in [-0.25, -0.2) is 0 Å². The van der Waals surface area contributed by atoms with Crippen molar-refractivity contribution >= 4 is 21.9 Å². The Bertz CT molecular complexity index is 464. The molecule has 1 aromatic rings. The molecule has 0 aromatic heterocycles. The second kappa shape index (κ2) is 7.32. The number of benzene rings is 1. The van der Waals surface area contributed by atoms with Gasteiger partial charge in [-0.2, -0.15) is 0 Å². The fourth-order valence-corrected chi connectivity index (χ4v) is 2.02. The highest BCUT2D eigenvalue weighted by Crippen LogP contribution is 2.18. The third-order valence-corrected chi connectivity index (χ3v) is 3.31. The summed E-state index contributed by atoms with van der Waals surface area (Å²) >= 11 is 3.39. The lowest BCUT2D eigenvalue weighted by molar-refractivity contribution is -0.150. The summed E-state index contributed by atoms with van der Waals surface area (Å²) in [5.74, 6) is 2.20. The highest BCUT2D eigenvalue weighted by atomic mass is 79.9. The lowest BCUT2D eigenvalue weighted by Gasteiger charge is -2.28. The van der Waals surface area contributed by atoms with E-state index in [4.69, 9.17) is 11.2 Å². The maximum absolute atomic E-state index is 12.1. The van der Waals surface area contributed by atoms with Gasteiger partial charge in [0.2, 0.25) is 0 Å². The predicted octanol–water partition coefficient (Wildman–Crippen LogP) is 2.54. The standard InChI is InChI=1S/C15H18BrNO2/c1-4-10-17-15(3,14(18)19-5-2)11-12-6-8-13(16)9-7-12/h1,6-9,17H,5,10-11H2,2-3H3. The quantitative estimate of drug-likeness (QED) is 0.646. The largest absolute Gasteiger partial charge is 0.465 e. The van der Waals surface area contributed by atoms with Crippen molar-refractivity contribution in [2.75, 3.05) is 13.2 Å². The Morgan fingerprint density at radius 1 is 1.47 bits per heavy atom. The minimum atomic E-state index is -0.809. The van der Waals surface area contributed by atoms with Crippen molar-refractivity contribution in [1.82, 2.24) is 5.32 Å². The van der Waals surface area contributed by atoms with Crippen LogP contribution in [0, 0.1) is 12.3 Å². The van der Waals surface area contributed by atoms with Crippen LogP contribution in [0.25, 0.3) is 0 Å². The van der Waals surface area contributed by atoms with Crippen molar-refractivity contribution in [3.63, 3.8) is 0 Å². The molecule has 0 amide bonds. The van der Waals surface area contributed by atoms with Crippen molar-refractivity contribution < 1.29 is 9.53 Å². The molecule has 0 aliphatic rings. The summed E-state index contributed by atoms with van der Waals surface area (Å²) < 4.78 is 6.13. The number of carbonyl (C=O) groups is 1. The molecule has 0 bridgehead atoms. The molecule has 0 saturated carbocycles. The first-order chi connectivity index (χ1) is 9.01. The van der Waals surface area contributed by atoms with E-state index in [2.05, 4.69) is 27.2 Å². The lowest BCUT2D eigenvalue weighted by Crippen LogP contribution is -2.52. The number of nitrogens with one attached hydrogen (secondary N) is 1. The van der Waals surface area contributed by atoms with Gasteiger partial charge in [-0.05, 0) is 31.5 Å². The van der Waals surface area contributed by atoms with Crippen LogP contribution in [-0.2, 0) is 16.0 Å². The first-order valence-electron chi connectivity index (χ1n) is 6.12. The fraction of sp³-hybridized carbons (Fsp3) is 0.400. The van der Waals surface area contributed by atoms with E-state index in [1.54, 1.807) is 6.92 Å². The molecule has 1 rings (SSSR count). The summed E-state index contributed by atoms with van der Waals surface area (Å²) in [4.78, 5) is 12.1. The number of hydrogen-bond acceptors (Lipinski definition) is 3. The van der Waals surface area contributed by atoms with Crippen LogP contribution in [0.15, 0.2) is 28.7 Å². The van der Waals surface area contributed by atoms with Gasteiger partial charge in [0.15, 0.2) is 0 Å². The Hall–Kier alpha value is -1.31. The van der Waals surface area contributed by atoms with Crippen LogP contribution in [0.5, 0.6) is 0 Å². The van der Waals surface area contributed by atoms with E-state index in [0.717, 1.165) is 10.0 Å². The van der Waals surface area contributed by atoms with Crippen molar-refractivity contribution in [3.05, 3.63) is 34.3 Å². The van der Waals surface area contributed by atoms with Crippen LogP contribution in [0.1, 0.15) is 19.4 Å². The van der Waals surface area contributed by atoms with Gasteiger partial charge in [0, 0.05) is 10.9 Å². The minimum Gasteiger partial charge on any atom is -0.465 e. The third kappa shape index (κ3) is 4.70. The molecule has 0 spiro atoms. The number of hydrogen-bond donors (Lipinski definition) is 1. The van der Waals surface area contributed by atoms with Gasteiger partial charge >= 0.3 is 5.97 Å². The van der Waals surface area contributed by atoms with Crippen LogP contribution in [0.3, 0.4) is 0 Å². The smallest absolute Gasteiger partial charge is 0.326 e. The molecule has 0 heterocycles. The number of esters is 1. The van der Waals surface area contributed by atoms with Gasteiger partial charge in [0.1, 0.15) is 5.54 Å². The molecular formula is C15H18BrNO2. The first-order valence-corrected chi connectivity index (χ1v) is 6.91. The zero-order valence-corrected chi connectivity index (χ0v) is 12.8. The van der Waals surface area contributed by atoms with Crippen molar-refractivity contribution in [2.24, 2.45) is 0 Å². The van der Waals surface area contributed by atoms with Gasteiger partial charge in [-0.15, -0.1) is 6.42 Å². The van der Waals surface area contributed by atoms with E-state index in [0.29, 0.717) is 19.6 Å². The van der Waals surface area contributed by atoms with E-state index in [1.807, 2.05) is 31.2 Å². The van der Waals surface area contributed by atoms with E-state index in [1.165, 1.54) is 0 Å². The SMILES string of the molecule is C#CCNC(C)(Cc1ccc(Br)cc1)C(=O)OCC. The topological polar surface area (TPSA) is 38.3 Å². The Balaban J connectivity index is 2.87. The number of ether oxygens (including phenoxy) is 1. The maximum atomic E-state index is 12.1. The molecule has 1 N–H and O–H groups in total. The summed E-state index contributed by atoms with van der Waals surface area (Å²) in [5.41, 5.74) is 0.235. The molecule has 19 heavy (non-hydrogen) atoms. The number of carbonyl (C=O) groups excluding carboxylic acids is 1. The van der Waals surface area contributed by atoms with Crippen molar-refractivity contribution in [2.45, 2.75) is 25.8 Å². The van der Waals surface area contributed by atoms with Crippen LogP contribution in [0.2, 0.25) is 0 Å². The van der Waals surface area contributed by atoms with Gasteiger partial charge in [-0.1, -0.05) is 34.0 Å². The molecular weight excluding hydrogens is 306 g/mol. The van der Waals surface area contributed by atoms with Gasteiger partial charge in [-0.3, -0.25) is 10.1 Å². The lowest BCUT2D eigenvalue weighted by atomic mass is 9.92. The van der Waals surface area contributed by atoms with Crippen LogP contribution >= 0.6 is 15.9 Å². The van der Waals surface area contributed by atoms with Crippen LogP contribution < -0.4 is 5.32 Å². The number of terminal acetylenes is 1. The molecule has 0 aliphatic heterocycles. The minimum absolute atomic E-state index is 0.284. The fourth-order valence-electron chi connectivity index (χ4n) is 1.75. The normalized spacial score (nSPS) is 13.4. The summed E-state index contributed by atoms with van der Waals surface area (Å²) in [7, 11) is 0. The molecule has 4 heteroatoms. The van der Waals surface area contributed by atoms with Gasteiger partial charge < -0.3 is 4.74 Å². The van der Waals surface area contributed by atoms with Gasteiger partial charge in [0.05, 0.1) is 13.2 Å². The summed E-state index contributed by atoms with van der Waals surface area (Å²) in [6.45, 7) is 4.28. The maximum Gasteiger partial charge on any atom is 0.326 e. The highest BCUT2D eigenvalue weighted by molar-refractivity contribution is 9.10. The number of halogens is 1.